The van der Waals surface area contributed by atoms with Gasteiger partial charge < -0.3 is 0 Å². The van der Waals surface area contributed by atoms with Crippen molar-refractivity contribution in [3.63, 3.8) is 0 Å². The second-order valence-electron chi connectivity index (χ2n) is 8.52. The summed E-state index contributed by atoms with van der Waals surface area (Å²) in [5.74, 6) is 0. The van der Waals surface area contributed by atoms with E-state index in [0.29, 0.717) is 0 Å². The van der Waals surface area contributed by atoms with Crippen LogP contribution in [-0.2, 0) is 33.3 Å². The van der Waals surface area contributed by atoms with Crippen LogP contribution in [0.15, 0.2) is 58.5 Å². The van der Waals surface area contributed by atoms with Crippen molar-refractivity contribution in [1.82, 2.24) is 0 Å². The van der Waals surface area contributed by atoms with E-state index < -0.39 is 0 Å². The van der Waals surface area contributed by atoms with Gasteiger partial charge in [-0.15, -0.1) is 0 Å². The van der Waals surface area contributed by atoms with Crippen molar-refractivity contribution >= 4 is 22.8 Å². The van der Waals surface area contributed by atoms with E-state index in [9.17, 15) is 0 Å². The minimum Gasteiger partial charge on any atom is -0.252 e. The standard InChI is InChI=1S/C29H42N2.Pd/c1-5-9-12-20-29(30-26-17-13-11-14-18-26)28(19-10-6-2)31-27-22-24(15-7-3)21-25(23-27)16-8-4;/h11,13-14,17-18,21-23H,5-10,12,15-16,19-20H2,1-4H3;/b30-29+,31-28+;. The Labute approximate surface area is 210 Å². The Hall–Kier alpha value is -1.56. The molecule has 0 radical (unpaired) electrons. The number of para-hydroxylation sites is 1. The average Bonchev–Trinajstić information content (AvgIpc) is 2.77. The fourth-order valence-corrected chi connectivity index (χ4v) is 3.90. The fourth-order valence-electron chi connectivity index (χ4n) is 3.90. The summed E-state index contributed by atoms with van der Waals surface area (Å²) in [6.45, 7) is 9.01. The predicted octanol–water partition coefficient (Wildman–Crippen LogP) is 9.20. The third-order valence-electron chi connectivity index (χ3n) is 5.52. The van der Waals surface area contributed by atoms with Gasteiger partial charge in [-0.2, -0.15) is 0 Å². The molecule has 2 rings (SSSR count). The Kier molecular flexibility index (Phi) is 15.1. The van der Waals surface area contributed by atoms with Gasteiger partial charge in [0.2, 0.25) is 0 Å². The van der Waals surface area contributed by atoms with Crippen LogP contribution in [0.4, 0.5) is 11.4 Å². The van der Waals surface area contributed by atoms with Gasteiger partial charge in [-0.1, -0.05) is 84.1 Å². The Morgan fingerprint density at radius 2 is 1.12 bits per heavy atom. The van der Waals surface area contributed by atoms with Crippen LogP contribution in [0.2, 0.25) is 0 Å². The zero-order valence-electron chi connectivity index (χ0n) is 20.6. The normalized spacial score (nSPS) is 12.0. The molecular formula is C29H42N2Pd. The number of aliphatic imine (C=N–C) groups is 2. The Morgan fingerprint density at radius 1 is 0.594 bits per heavy atom. The summed E-state index contributed by atoms with van der Waals surface area (Å²) in [4.78, 5) is 10.3. The monoisotopic (exact) mass is 524 g/mol. The molecule has 0 aromatic heterocycles. The zero-order valence-corrected chi connectivity index (χ0v) is 22.2. The number of hydrogen-bond donors (Lipinski definition) is 0. The fraction of sp³-hybridized carbons (Fsp3) is 0.517. The van der Waals surface area contributed by atoms with Crippen molar-refractivity contribution in [3.05, 3.63) is 59.7 Å². The number of benzene rings is 2. The first-order valence-corrected chi connectivity index (χ1v) is 12.5. The quantitative estimate of drug-likeness (QED) is 0.134. The summed E-state index contributed by atoms with van der Waals surface area (Å²) in [7, 11) is 0. The zero-order chi connectivity index (χ0) is 22.3. The van der Waals surface area contributed by atoms with Crippen LogP contribution in [0.25, 0.3) is 0 Å². The molecule has 2 aromatic rings. The molecule has 0 unspecified atom stereocenters. The van der Waals surface area contributed by atoms with Crippen LogP contribution in [0.5, 0.6) is 0 Å². The van der Waals surface area contributed by atoms with Gasteiger partial charge in [0.15, 0.2) is 0 Å². The first-order chi connectivity index (χ1) is 15.2. The molecule has 2 aromatic carbocycles. The van der Waals surface area contributed by atoms with Gasteiger partial charge in [0.25, 0.3) is 0 Å². The molecule has 0 aliphatic rings. The van der Waals surface area contributed by atoms with Crippen molar-refractivity contribution in [2.75, 3.05) is 0 Å². The third kappa shape index (κ3) is 10.4. The minimum absolute atomic E-state index is 0. The molecule has 0 fully saturated rings. The average molecular weight is 525 g/mol. The molecule has 3 heteroatoms. The van der Waals surface area contributed by atoms with Crippen molar-refractivity contribution in [3.8, 4) is 0 Å². The van der Waals surface area contributed by atoms with E-state index in [1.165, 1.54) is 61.1 Å². The molecule has 2 nitrogen and oxygen atoms in total. The second-order valence-corrected chi connectivity index (χ2v) is 8.52. The molecule has 178 valence electrons. The largest absolute Gasteiger partial charge is 0.252 e. The maximum absolute atomic E-state index is 5.24. The van der Waals surface area contributed by atoms with Gasteiger partial charge in [0.1, 0.15) is 0 Å². The Bertz CT molecular complexity index is 800. The van der Waals surface area contributed by atoms with E-state index in [4.69, 9.17) is 9.98 Å². The topological polar surface area (TPSA) is 24.7 Å². The summed E-state index contributed by atoms with van der Waals surface area (Å²) >= 11 is 0. The maximum atomic E-state index is 5.24. The maximum Gasteiger partial charge on any atom is 0.0639 e. The molecule has 0 amide bonds. The van der Waals surface area contributed by atoms with Crippen LogP contribution in [0, 0.1) is 0 Å². The first kappa shape index (κ1) is 28.5. The van der Waals surface area contributed by atoms with E-state index >= 15 is 0 Å². The Balaban J connectivity index is 0.00000512. The van der Waals surface area contributed by atoms with Gasteiger partial charge in [0, 0.05) is 20.4 Å². The van der Waals surface area contributed by atoms with E-state index in [-0.39, 0.29) is 20.4 Å². The van der Waals surface area contributed by atoms with Crippen LogP contribution < -0.4 is 0 Å². The van der Waals surface area contributed by atoms with Gasteiger partial charge in [-0.05, 0) is 73.9 Å². The van der Waals surface area contributed by atoms with Crippen LogP contribution in [0.3, 0.4) is 0 Å². The summed E-state index contributed by atoms with van der Waals surface area (Å²) in [5.41, 5.74) is 7.31. The Morgan fingerprint density at radius 3 is 1.66 bits per heavy atom. The number of aryl methyl sites for hydroxylation is 2. The number of hydrogen-bond acceptors (Lipinski definition) is 2. The van der Waals surface area contributed by atoms with Gasteiger partial charge in [-0.3, -0.25) is 9.98 Å². The molecule has 0 atom stereocenters. The van der Waals surface area contributed by atoms with Crippen LogP contribution in [0.1, 0.15) is 96.6 Å². The first-order valence-electron chi connectivity index (χ1n) is 12.5. The smallest absolute Gasteiger partial charge is 0.0639 e. The second kappa shape index (κ2) is 17.0. The summed E-state index contributed by atoms with van der Waals surface area (Å²) in [6.07, 6.45) is 12.5. The van der Waals surface area contributed by atoms with Crippen molar-refractivity contribution in [2.24, 2.45) is 9.98 Å². The molecule has 0 saturated carbocycles. The predicted molar refractivity (Wildman–Crippen MR) is 139 cm³/mol. The minimum atomic E-state index is 0. The molecule has 0 aliphatic carbocycles. The SMILES string of the molecule is CCCCCC(=N\c1ccccc1)/C(CCCC)=N/c1cc(CCC)cc(CCC)c1.[Pd]. The summed E-state index contributed by atoms with van der Waals surface area (Å²) in [5, 5.41) is 0. The molecule has 0 N–H and O–H groups in total. The van der Waals surface area contributed by atoms with Crippen LogP contribution >= 0.6 is 0 Å². The molecule has 0 aliphatic heterocycles. The molecule has 0 bridgehead atoms. The van der Waals surface area contributed by atoms with E-state index in [1.54, 1.807) is 0 Å². The van der Waals surface area contributed by atoms with Gasteiger partial charge in [0.05, 0.1) is 22.8 Å². The number of unbranched alkanes of at least 4 members (excludes halogenated alkanes) is 3. The molecule has 0 spiro atoms. The molecule has 0 heterocycles. The van der Waals surface area contributed by atoms with Crippen molar-refractivity contribution < 1.29 is 20.4 Å². The third-order valence-corrected chi connectivity index (χ3v) is 5.52. The molecule has 32 heavy (non-hydrogen) atoms. The van der Waals surface area contributed by atoms with E-state index in [0.717, 1.165) is 43.5 Å². The summed E-state index contributed by atoms with van der Waals surface area (Å²) in [6, 6.07) is 17.3. The van der Waals surface area contributed by atoms with Crippen molar-refractivity contribution in [1.29, 1.82) is 0 Å². The molecular weight excluding hydrogens is 483 g/mol. The number of rotatable bonds is 14. The molecule has 0 saturated heterocycles. The number of nitrogens with zero attached hydrogens (tertiary/aromatic N) is 2. The van der Waals surface area contributed by atoms with Crippen molar-refractivity contribution in [2.45, 2.75) is 98.3 Å². The van der Waals surface area contributed by atoms with E-state index in [2.05, 4.69) is 76.2 Å². The van der Waals surface area contributed by atoms with Gasteiger partial charge in [-0.25, -0.2) is 0 Å². The van der Waals surface area contributed by atoms with E-state index in [1.807, 2.05) is 0 Å². The van der Waals surface area contributed by atoms with Crippen LogP contribution in [-0.4, -0.2) is 11.4 Å². The van der Waals surface area contributed by atoms with Gasteiger partial charge >= 0.3 is 0 Å². The summed E-state index contributed by atoms with van der Waals surface area (Å²) < 4.78 is 0.